The van der Waals surface area contributed by atoms with Crippen molar-refractivity contribution >= 4 is 12.1 Å². The van der Waals surface area contributed by atoms with Crippen LogP contribution in [0.15, 0.2) is 23.8 Å². The molecule has 0 aromatic rings. The van der Waals surface area contributed by atoms with Crippen molar-refractivity contribution in [3.8, 4) is 0 Å². The SMILES string of the molecule is C=C(C)C1CCC2(C)CCC3(C)CC4C(C)CC(=O)C4/C(C=O)=C\CC3C12. The number of Topliss-reactive ketones (excluding diaryl/α,β-unsaturated/α-hetero) is 1. The number of hydrogen-bond donors (Lipinski definition) is 0. The van der Waals surface area contributed by atoms with Crippen LogP contribution in [0.3, 0.4) is 0 Å². The zero-order valence-corrected chi connectivity index (χ0v) is 17.6. The Bertz CT molecular complexity index is 703. The second kappa shape index (κ2) is 6.42. The Labute approximate surface area is 164 Å². The normalized spacial score (nSPS) is 51.3. The maximum absolute atomic E-state index is 12.7. The average Bonchev–Trinajstić information content (AvgIpc) is 3.07. The van der Waals surface area contributed by atoms with Crippen LogP contribution >= 0.6 is 0 Å². The van der Waals surface area contributed by atoms with Gasteiger partial charge in [0.15, 0.2) is 0 Å². The Morgan fingerprint density at radius 1 is 1.22 bits per heavy atom. The second-order valence-corrected chi connectivity index (χ2v) is 11.0. The Kier molecular flexibility index (Phi) is 4.56. The van der Waals surface area contributed by atoms with Crippen LogP contribution in [0.4, 0.5) is 0 Å². The summed E-state index contributed by atoms with van der Waals surface area (Å²) in [6.07, 6.45) is 11.0. The van der Waals surface area contributed by atoms with Crippen LogP contribution in [0.2, 0.25) is 0 Å². The number of carbonyl (C=O) groups excluding carboxylic acids is 2. The molecule has 8 atom stereocenters. The third kappa shape index (κ3) is 2.81. The van der Waals surface area contributed by atoms with Gasteiger partial charge in [-0.15, -0.1) is 0 Å². The van der Waals surface area contributed by atoms with E-state index in [0.29, 0.717) is 47.2 Å². The molecule has 0 N–H and O–H groups in total. The smallest absolute Gasteiger partial charge is 0.146 e. The van der Waals surface area contributed by atoms with Crippen molar-refractivity contribution in [1.29, 1.82) is 0 Å². The molecule has 2 heteroatoms. The fraction of sp³-hybridized carbons (Fsp3) is 0.760. The lowest BCUT2D eigenvalue weighted by Gasteiger charge is -2.55. The van der Waals surface area contributed by atoms with Crippen LogP contribution in [0, 0.1) is 46.3 Å². The van der Waals surface area contributed by atoms with Gasteiger partial charge in [0.1, 0.15) is 12.1 Å². The summed E-state index contributed by atoms with van der Waals surface area (Å²) in [4.78, 5) is 24.6. The van der Waals surface area contributed by atoms with Gasteiger partial charge < -0.3 is 0 Å². The summed E-state index contributed by atoms with van der Waals surface area (Å²) >= 11 is 0. The minimum Gasteiger partial charge on any atom is -0.299 e. The average molecular weight is 369 g/mol. The molecule has 0 heterocycles. The monoisotopic (exact) mass is 368 g/mol. The standard InChI is InChI=1S/C25H36O2/c1-15(2)18-8-9-24(4)10-11-25(5)13-19-16(3)12-21(27)22(19)17(14-26)6-7-20(25)23(18)24/h6,14,16,18-20,22-23H,1,7-13H2,2-5H3/b17-6-. The molecule has 0 amide bonds. The predicted molar refractivity (Wildman–Crippen MR) is 109 cm³/mol. The number of allylic oxidation sites excluding steroid dienone is 3. The van der Waals surface area contributed by atoms with E-state index in [1.54, 1.807) is 0 Å². The molecule has 8 unspecified atom stereocenters. The molecule has 4 aliphatic rings. The van der Waals surface area contributed by atoms with Crippen molar-refractivity contribution in [2.75, 3.05) is 0 Å². The van der Waals surface area contributed by atoms with Gasteiger partial charge in [-0.25, -0.2) is 0 Å². The number of aldehydes is 1. The number of ketones is 1. The molecular weight excluding hydrogens is 332 g/mol. The Morgan fingerprint density at radius 3 is 2.59 bits per heavy atom. The first-order valence-electron chi connectivity index (χ1n) is 11.0. The highest BCUT2D eigenvalue weighted by Gasteiger charge is 2.58. The summed E-state index contributed by atoms with van der Waals surface area (Å²) in [6, 6.07) is 0. The molecule has 4 aliphatic carbocycles. The first-order valence-corrected chi connectivity index (χ1v) is 11.0. The van der Waals surface area contributed by atoms with E-state index in [2.05, 4.69) is 40.3 Å². The topological polar surface area (TPSA) is 34.1 Å². The summed E-state index contributed by atoms with van der Waals surface area (Å²) in [6.45, 7) is 13.8. The maximum atomic E-state index is 12.7. The van der Waals surface area contributed by atoms with Crippen LogP contribution in [-0.4, -0.2) is 12.1 Å². The number of rotatable bonds is 2. The van der Waals surface area contributed by atoms with E-state index in [-0.39, 0.29) is 11.3 Å². The van der Waals surface area contributed by atoms with Crippen LogP contribution in [0.25, 0.3) is 0 Å². The zero-order chi connectivity index (χ0) is 19.6. The highest BCUT2D eigenvalue weighted by Crippen LogP contribution is 2.66. The summed E-state index contributed by atoms with van der Waals surface area (Å²) in [5.41, 5.74) is 2.82. The van der Waals surface area contributed by atoms with Crippen molar-refractivity contribution in [1.82, 2.24) is 0 Å². The molecule has 3 saturated carbocycles. The Balaban J connectivity index is 1.78. The summed E-state index contributed by atoms with van der Waals surface area (Å²) < 4.78 is 0. The number of fused-ring (bicyclic) bond motifs is 4. The lowest BCUT2D eigenvalue weighted by Crippen LogP contribution is -2.48. The van der Waals surface area contributed by atoms with Crippen molar-refractivity contribution in [3.63, 3.8) is 0 Å². The van der Waals surface area contributed by atoms with Gasteiger partial charge in [0, 0.05) is 12.3 Å². The van der Waals surface area contributed by atoms with Crippen molar-refractivity contribution < 1.29 is 9.59 Å². The molecule has 4 rings (SSSR count). The number of carbonyl (C=O) groups is 2. The predicted octanol–water partition coefficient (Wildman–Crippen LogP) is 5.77. The minimum absolute atomic E-state index is 0.135. The van der Waals surface area contributed by atoms with E-state index in [1.807, 2.05) is 0 Å². The third-order valence-corrected chi connectivity index (χ3v) is 9.33. The highest BCUT2D eigenvalue weighted by molar-refractivity contribution is 5.93. The van der Waals surface area contributed by atoms with E-state index in [0.717, 1.165) is 24.7 Å². The zero-order valence-electron chi connectivity index (χ0n) is 17.6. The molecule has 0 aromatic heterocycles. The molecular formula is C25H36O2. The van der Waals surface area contributed by atoms with Crippen LogP contribution in [0.5, 0.6) is 0 Å². The Morgan fingerprint density at radius 2 is 1.93 bits per heavy atom. The lowest BCUT2D eigenvalue weighted by molar-refractivity contribution is -0.122. The molecule has 0 radical (unpaired) electrons. The molecule has 0 bridgehead atoms. The minimum atomic E-state index is -0.135. The van der Waals surface area contributed by atoms with E-state index in [1.165, 1.54) is 31.3 Å². The van der Waals surface area contributed by atoms with Crippen molar-refractivity contribution in [3.05, 3.63) is 23.8 Å². The van der Waals surface area contributed by atoms with Gasteiger partial charge in [-0.3, -0.25) is 9.59 Å². The Hall–Kier alpha value is -1.18. The van der Waals surface area contributed by atoms with Crippen LogP contribution < -0.4 is 0 Å². The van der Waals surface area contributed by atoms with E-state index >= 15 is 0 Å². The quantitative estimate of drug-likeness (QED) is 0.458. The molecule has 0 spiro atoms. The number of hydrogen-bond acceptors (Lipinski definition) is 2. The van der Waals surface area contributed by atoms with Gasteiger partial charge >= 0.3 is 0 Å². The second-order valence-electron chi connectivity index (χ2n) is 11.0. The lowest BCUT2D eigenvalue weighted by atomic mass is 9.49. The maximum Gasteiger partial charge on any atom is 0.146 e. The first-order chi connectivity index (χ1) is 12.7. The van der Waals surface area contributed by atoms with Gasteiger partial charge in [-0.1, -0.05) is 39.0 Å². The molecule has 2 nitrogen and oxygen atoms in total. The first kappa shape index (κ1) is 19.2. The molecule has 0 aliphatic heterocycles. The van der Waals surface area contributed by atoms with E-state index in [9.17, 15) is 9.59 Å². The van der Waals surface area contributed by atoms with Gasteiger partial charge in [0.05, 0.1) is 0 Å². The summed E-state index contributed by atoms with van der Waals surface area (Å²) in [7, 11) is 0. The summed E-state index contributed by atoms with van der Waals surface area (Å²) in [5, 5.41) is 0. The van der Waals surface area contributed by atoms with Gasteiger partial charge in [-0.05, 0) is 91.4 Å². The van der Waals surface area contributed by atoms with Gasteiger partial charge in [0.25, 0.3) is 0 Å². The molecule has 0 aromatic carbocycles. The highest BCUT2D eigenvalue weighted by atomic mass is 16.1. The third-order valence-electron chi connectivity index (χ3n) is 9.33. The van der Waals surface area contributed by atoms with Crippen molar-refractivity contribution in [2.24, 2.45) is 46.3 Å². The fourth-order valence-electron chi connectivity index (χ4n) is 7.77. The molecule has 3 fully saturated rings. The van der Waals surface area contributed by atoms with Crippen molar-refractivity contribution in [2.45, 2.75) is 72.6 Å². The molecule has 148 valence electrons. The fourth-order valence-corrected chi connectivity index (χ4v) is 7.77. The molecule has 27 heavy (non-hydrogen) atoms. The molecule has 0 saturated heterocycles. The van der Waals surface area contributed by atoms with E-state index in [4.69, 9.17) is 0 Å². The largest absolute Gasteiger partial charge is 0.299 e. The van der Waals surface area contributed by atoms with Crippen LogP contribution in [0.1, 0.15) is 72.6 Å². The van der Waals surface area contributed by atoms with E-state index < -0.39 is 0 Å². The van der Waals surface area contributed by atoms with Gasteiger partial charge in [0.2, 0.25) is 0 Å². The van der Waals surface area contributed by atoms with Gasteiger partial charge in [-0.2, -0.15) is 0 Å². The van der Waals surface area contributed by atoms with Crippen LogP contribution in [-0.2, 0) is 9.59 Å². The summed E-state index contributed by atoms with van der Waals surface area (Å²) in [5.74, 6) is 2.79.